The molecule has 0 amide bonds. The first-order valence-electron chi connectivity index (χ1n) is 5.89. The van der Waals surface area contributed by atoms with Crippen molar-refractivity contribution in [2.75, 3.05) is 6.54 Å². The molecule has 3 N–H and O–H groups in total. The van der Waals surface area contributed by atoms with Crippen LogP contribution >= 0.6 is 11.3 Å². The van der Waals surface area contributed by atoms with Crippen LogP contribution in [-0.4, -0.2) is 11.5 Å². The van der Waals surface area contributed by atoms with Gasteiger partial charge in [-0.25, -0.2) is 4.98 Å². The maximum absolute atomic E-state index is 5.78. The fourth-order valence-electron chi connectivity index (χ4n) is 1.91. The van der Waals surface area contributed by atoms with E-state index >= 15 is 0 Å². The van der Waals surface area contributed by atoms with Gasteiger partial charge in [0.2, 0.25) is 0 Å². The van der Waals surface area contributed by atoms with Gasteiger partial charge in [-0.05, 0) is 31.2 Å². The number of nitrogens with zero attached hydrogens (tertiary/aromatic N) is 1. The Labute approximate surface area is 101 Å². The van der Waals surface area contributed by atoms with Gasteiger partial charge >= 0.3 is 0 Å². The van der Waals surface area contributed by atoms with E-state index in [4.69, 9.17) is 5.73 Å². The summed E-state index contributed by atoms with van der Waals surface area (Å²) in [5.74, 6) is 0.846. The van der Waals surface area contributed by atoms with Gasteiger partial charge in [0.05, 0.1) is 11.7 Å². The van der Waals surface area contributed by atoms with Crippen LogP contribution in [0.25, 0.3) is 0 Å². The largest absolute Gasteiger partial charge is 0.322 e. The topological polar surface area (TPSA) is 50.9 Å². The predicted octanol–water partition coefficient (Wildman–Crippen LogP) is 2.30. The number of hydrogen-bond donors (Lipinski definition) is 2. The summed E-state index contributed by atoms with van der Waals surface area (Å²) in [4.78, 5) is 4.49. The second kappa shape index (κ2) is 4.43. The summed E-state index contributed by atoms with van der Waals surface area (Å²) in [6, 6.07) is 0.0566. The Morgan fingerprint density at radius 2 is 2.38 bits per heavy atom. The molecule has 0 saturated heterocycles. The zero-order chi connectivity index (χ0) is 11.8. The van der Waals surface area contributed by atoms with Crippen molar-refractivity contribution < 1.29 is 0 Å². The Hall–Kier alpha value is -0.450. The van der Waals surface area contributed by atoms with E-state index in [1.807, 2.05) is 6.92 Å². The molecule has 1 aliphatic carbocycles. The van der Waals surface area contributed by atoms with Gasteiger partial charge in [0.15, 0.2) is 0 Å². The number of aromatic nitrogens is 1. The second-order valence-corrected chi connectivity index (χ2v) is 6.38. The summed E-state index contributed by atoms with van der Waals surface area (Å²) in [6.45, 7) is 8.61. The lowest BCUT2D eigenvalue weighted by Crippen LogP contribution is -2.18. The first-order chi connectivity index (χ1) is 7.49. The number of nitrogens with two attached hydrogens (primary N) is 1. The molecule has 16 heavy (non-hydrogen) atoms. The van der Waals surface area contributed by atoms with Gasteiger partial charge in [-0.15, -0.1) is 11.3 Å². The van der Waals surface area contributed by atoms with Crippen LogP contribution in [0.5, 0.6) is 0 Å². The van der Waals surface area contributed by atoms with Crippen molar-refractivity contribution in [3.63, 3.8) is 0 Å². The van der Waals surface area contributed by atoms with E-state index in [1.54, 1.807) is 11.3 Å². The van der Waals surface area contributed by atoms with Crippen LogP contribution in [0.15, 0.2) is 5.38 Å². The molecule has 1 aromatic heterocycles. The van der Waals surface area contributed by atoms with Crippen molar-refractivity contribution in [3.8, 4) is 0 Å². The molecular weight excluding hydrogens is 218 g/mol. The van der Waals surface area contributed by atoms with E-state index < -0.39 is 0 Å². The molecule has 90 valence electrons. The van der Waals surface area contributed by atoms with Gasteiger partial charge < -0.3 is 11.1 Å². The fraction of sp³-hybridized carbons (Fsp3) is 0.750. The van der Waals surface area contributed by atoms with E-state index in [0.29, 0.717) is 5.41 Å². The minimum Gasteiger partial charge on any atom is -0.322 e. The van der Waals surface area contributed by atoms with Gasteiger partial charge in [-0.3, -0.25) is 0 Å². The summed E-state index contributed by atoms with van der Waals surface area (Å²) >= 11 is 1.66. The lowest BCUT2D eigenvalue weighted by Gasteiger charge is -2.04. The molecule has 1 fully saturated rings. The highest BCUT2D eigenvalue weighted by molar-refractivity contribution is 7.09. The van der Waals surface area contributed by atoms with E-state index in [1.165, 1.54) is 6.42 Å². The fourth-order valence-corrected chi connectivity index (χ4v) is 2.69. The third-order valence-electron chi connectivity index (χ3n) is 3.37. The molecule has 1 saturated carbocycles. The van der Waals surface area contributed by atoms with Crippen molar-refractivity contribution in [2.24, 2.45) is 17.1 Å². The van der Waals surface area contributed by atoms with Gasteiger partial charge in [-0.1, -0.05) is 13.8 Å². The monoisotopic (exact) mass is 239 g/mol. The molecule has 2 atom stereocenters. The average molecular weight is 239 g/mol. The van der Waals surface area contributed by atoms with E-state index in [-0.39, 0.29) is 6.04 Å². The van der Waals surface area contributed by atoms with Crippen molar-refractivity contribution in [2.45, 2.75) is 39.8 Å². The zero-order valence-corrected chi connectivity index (χ0v) is 11.1. The van der Waals surface area contributed by atoms with Crippen molar-refractivity contribution in [1.29, 1.82) is 0 Å². The van der Waals surface area contributed by atoms with Gasteiger partial charge in [0.1, 0.15) is 5.01 Å². The highest BCUT2D eigenvalue weighted by Crippen LogP contribution is 2.50. The van der Waals surface area contributed by atoms with Crippen LogP contribution in [0.4, 0.5) is 0 Å². The van der Waals surface area contributed by atoms with Crippen LogP contribution in [-0.2, 0) is 6.54 Å². The first-order valence-corrected chi connectivity index (χ1v) is 6.77. The van der Waals surface area contributed by atoms with Crippen LogP contribution in [0, 0.1) is 11.3 Å². The number of rotatable bonds is 5. The molecule has 1 heterocycles. The van der Waals surface area contributed by atoms with Crippen LogP contribution in [0.3, 0.4) is 0 Å². The number of thiazole rings is 1. The third kappa shape index (κ3) is 2.81. The minimum atomic E-state index is 0.0566. The molecule has 1 aromatic rings. The highest BCUT2D eigenvalue weighted by atomic mass is 32.1. The number of nitrogens with one attached hydrogen (secondary N) is 1. The van der Waals surface area contributed by atoms with E-state index in [9.17, 15) is 0 Å². The maximum atomic E-state index is 5.78. The normalized spacial score (nSPS) is 24.4. The summed E-state index contributed by atoms with van der Waals surface area (Å²) in [6.07, 6.45) is 1.35. The van der Waals surface area contributed by atoms with E-state index in [0.717, 1.165) is 29.7 Å². The van der Waals surface area contributed by atoms with Crippen LogP contribution in [0.2, 0.25) is 0 Å². The van der Waals surface area contributed by atoms with E-state index in [2.05, 4.69) is 29.5 Å². The molecule has 0 aliphatic heterocycles. The van der Waals surface area contributed by atoms with Gasteiger partial charge in [-0.2, -0.15) is 0 Å². The van der Waals surface area contributed by atoms with Crippen molar-refractivity contribution in [3.05, 3.63) is 16.1 Å². The summed E-state index contributed by atoms with van der Waals surface area (Å²) in [5, 5.41) is 6.61. The van der Waals surface area contributed by atoms with Gasteiger partial charge in [0.25, 0.3) is 0 Å². The summed E-state index contributed by atoms with van der Waals surface area (Å²) in [7, 11) is 0. The lowest BCUT2D eigenvalue weighted by atomic mass is 10.1. The van der Waals surface area contributed by atoms with Crippen molar-refractivity contribution >= 4 is 11.3 Å². The average Bonchev–Trinajstić information content (AvgIpc) is 2.65. The Morgan fingerprint density at radius 3 is 2.88 bits per heavy atom. The smallest absolute Gasteiger partial charge is 0.109 e. The molecule has 2 rings (SSSR count). The molecule has 0 bridgehead atoms. The Balaban J connectivity index is 1.73. The molecule has 0 spiro atoms. The zero-order valence-electron chi connectivity index (χ0n) is 10.3. The maximum Gasteiger partial charge on any atom is 0.109 e. The second-order valence-electron chi connectivity index (χ2n) is 5.49. The molecule has 4 heteroatoms. The van der Waals surface area contributed by atoms with Crippen LogP contribution < -0.4 is 11.1 Å². The highest BCUT2D eigenvalue weighted by Gasteiger charge is 2.44. The van der Waals surface area contributed by atoms with Crippen molar-refractivity contribution in [1.82, 2.24) is 10.3 Å². The van der Waals surface area contributed by atoms with Gasteiger partial charge in [0, 0.05) is 11.9 Å². The molecule has 2 unspecified atom stereocenters. The standard InChI is InChI=1S/C12H21N3S/c1-8(13)11-15-10(7-16-11)6-14-5-9-4-12(9,2)3/h7-9,14H,4-6,13H2,1-3H3. The Kier molecular flexibility index (Phi) is 3.33. The van der Waals surface area contributed by atoms with Crippen LogP contribution in [0.1, 0.15) is 43.9 Å². The first kappa shape index (κ1) is 12.0. The summed E-state index contributed by atoms with van der Waals surface area (Å²) < 4.78 is 0. The minimum absolute atomic E-state index is 0.0566. The Bertz CT molecular complexity index is 357. The quantitative estimate of drug-likeness (QED) is 0.829. The molecule has 0 radical (unpaired) electrons. The lowest BCUT2D eigenvalue weighted by molar-refractivity contribution is 0.517. The summed E-state index contributed by atoms with van der Waals surface area (Å²) in [5.41, 5.74) is 7.46. The predicted molar refractivity (Wildman–Crippen MR) is 68.3 cm³/mol. The Morgan fingerprint density at radius 1 is 1.69 bits per heavy atom. The third-order valence-corrected chi connectivity index (χ3v) is 4.47. The molecule has 1 aliphatic rings. The number of hydrogen-bond acceptors (Lipinski definition) is 4. The SMILES string of the molecule is CC(N)c1nc(CNCC2CC2(C)C)cs1. The molecule has 3 nitrogen and oxygen atoms in total. The molecule has 0 aromatic carbocycles. The molecular formula is C12H21N3S.